The Balaban J connectivity index is 1.70. The molecule has 0 aromatic heterocycles. The molecule has 25 heavy (non-hydrogen) atoms. The summed E-state index contributed by atoms with van der Waals surface area (Å²) in [7, 11) is -3.61. The third-order valence-corrected chi connectivity index (χ3v) is 6.32. The van der Waals surface area contributed by atoms with Gasteiger partial charge < -0.3 is 5.73 Å². The number of nitrogens with two attached hydrogens (primary N) is 1. The van der Waals surface area contributed by atoms with E-state index >= 15 is 0 Å². The Morgan fingerprint density at radius 2 is 1.92 bits per heavy atom. The van der Waals surface area contributed by atoms with Gasteiger partial charge in [-0.25, -0.2) is 12.8 Å². The predicted octanol–water partition coefficient (Wildman–Crippen LogP) is 2.18. The Hall–Kier alpha value is -2.25. The number of benzene rings is 2. The molecule has 1 amide bonds. The number of primary amides is 1. The molecule has 1 aliphatic rings. The maximum atomic E-state index is 13.0. The Morgan fingerprint density at radius 1 is 1.20 bits per heavy atom. The molecule has 0 bridgehead atoms. The Bertz CT molecular complexity index is 881. The van der Waals surface area contributed by atoms with Crippen LogP contribution in [0.1, 0.15) is 22.3 Å². The van der Waals surface area contributed by atoms with E-state index in [4.69, 9.17) is 5.73 Å². The molecule has 0 spiro atoms. The Morgan fingerprint density at radius 3 is 2.60 bits per heavy atom. The zero-order valence-corrected chi connectivity index (χ0v) is 14.4. The lowest BCUT2D eigenvalue weighted by Crippen LogP contribution is -2.29. The van der Waals surface area contributed by atoms with E-state index in [-0.39, 0.29) is 10.8 Å². The lowest BCUT2D eigenvalue weighted by Gasteiger charge is -2.17. The van der Waals surface area contributed by atoms with E-state index < -0.39 is 21.7 Å². The summed E-state index contributed by atoms with van der Waals surface area (Å²) >= 11 is 0. The average molecular weight is 362 g/mol. The Kier molecular flexibility index (Phi) is 4.87. The summed E-state index contributed by atoms with van der Waals surface area (Å²) in [6.07, 6.45) is 1.41. The lowest BCUT2D eigenvalue weighted by molar-refractivity contribution is 0.1000. The van der Waals surface area contributed by atoms with Crippen molar-refractivity contribution in [2.24, 2.45) is 11.7 Å². The smallest absolute Gasteiger partial charge is 0.248 e. The van der Waals surface area contributed by atoms with E-state index in [9.17, 15) is 17.6 Å². The summed E-state index contributed by atoms with van der Waals surface area (Å²) in [4.78, 5) is 11.4. The van der Waals surface area contributed by atoms with Crippen LogP contribution in [-0.4, -0.2) is 31.7 Å². The van der Waals surface area contributed by atoms with Gasteiger partial charge in [0, 0.05) is 18.7 Å². The molecule has 1 aliphatic heterocycles. The molecule has 0 radical (unpaired) electrons. The van der Waals surface area contributed by atoms with Gasteiger partial charge in [0.1, 0.15) is 5.82 Å². The van der Waals surface area contributed by atoms with Crippen LogP contribution in [0.25, 0.3) is 0 Å². The van der Waals surface area contributed by atoms with Gasteiger partial charge in [0.15, 0.2) is 0 Å². The van der Waals surface area contributed by atoms with E-state index in [1.165, 1.54) is 16.4 Å². The molecule has 7 heteroatoms. The van der Waals surface area contributed by atoms with Gasteiger partial charge in [0.2, 0.25) is 15.9 Å². The first-order chi connectivity index (χ1) is 11.9. The van der Waals surface area contributed by atoms with Crippen molar-refractivity contribution in [3.63, 3.8) is 0 Å². The van der Waals surface area contributed by atoms with Crippen molar-refractivity contribution in [1.29, 1.82) is 0 Å². The first kappa shape index (κ1) is 17.6. The van der Waals surface area contributed by atoms with Gasteiger partial charge in [-0.05, 0) is 60.7 Å². The van der Waals surface area contributed by atoms with Crippen molar-refractivity contribution in [3.8, 4) is 0 Å². The molecule has 2 aromatic rings. The van der Waals surface area contributed by atoms with E-state index in [1.807, 2.05) is 6.07 Å². The highest BCUT2D eigenvalue weighted by Gasteiger charge is 2.32. The number of rotatable bonds is 5. The summed E-state index contributed by atoms with van der Waals surface area (Å²) in [5.41, 5.74) is 6.70. The second-order valence-electron chi connectivity index (χ2n) is 6.24. The van der Waals surface area contributed by atoms with Crippen molar-refractivity contribution in [2.75, 3.05) is 13.1 Å². The molecule has 1 atom stereocenters. The van der Waals surface area contributed by atoms with Crippen molar-refractivity contribution in [2.45, 2.75) is 17.7 Å². The number of sulfonamides is 1. The fraction of sp³-hybridized carbons (Fsp3) is 0.278. The zero-order chi connectivity index (χ0) is 18.0. The van der Waals surface area contributed by atoms with Crippen LogP contribution in [0.3, 0.4) is 0 Å². The standard InChI is InChI=1S/C18H19FN2O3S/c19-16-4-6-17(7-5-16)25(23,24)21-9-8-14(12-21)10-13-2-1-3-15(11-13)18(20)22/h1-7,11,14H,8-10,12H2,(H2,20,22)/t14-/m0/s1. The third-order valence-electron chi connectivity index (χ3n) is 4.44. The van der Waals surface area contributed by atoms with Gasteiger partial charge in [-0.15, -0.1) is 0 Å². The number of nitrogens with zero attached hydrogens (tertiary/aromatic N) is 1. The second-order valence-corrected chi connectivity index (χ2v) is 8.18. The van der Waals surface area contributed by atoms with Crippen molar-refractivity contribution >= 4 is 15.9 Å². The number of hydrogen-bond acceptors (Lipinski definition) is 3. The highest BCUT2D eigenvalue weighted by Crippen LogP contribution is 2.27. The van der Waals surface area contributed by atoms with E-state index in [1.54, 1.807) is 18.2 Å². The normalized spacial score (nSPS) is 18.4. The topological polar surface area (TPSA) is 80.5 Å². The first-order valence-corrected chi connectivity index (χ1v) is 9.45. The largest absolute Gasteiger partial charge is 0.366 e. The summed E-state index contributed by atoms with van der Waals surface area (Å²) < 4.78 is 39.7. The molecule has 5 nitrogen and oxygen atoms in total. The number of carbonyl (C=O) groups excluding carboxylic acids is 1. The van der Waals surface area contributed by atoms with Crippen LogP contribution >= 0.6 is 0 Å². The van der Waals surface area contributed by atoms with Crippen LogP contribution in [0.5, 0.6) is 0 Å². The number of hydrogen-bond donors (Lipinski definition) is 1. The van der Waals surface area contributed by atoms with Crippen LogP contribution in [0.2, 0.25) is 0 Å². The minimum Gasteiger partial charge on any atom is -0.366 e. The van der Waals surface area contributed by atoms with E-state index in [0.717, 1.165) is 24.1 Å². The quantitative estimate of drug-likeness (QED) is 0.885. The average Bonchev–Trinajstić information content (AvgIpc) is 3.05. The van der Waals surface area contributed by atoms with Crippen LogP contribution in [0.4, 0.5) is 4.39 Å². The summed E-state index contributed by atoms with van der Waals surface area (Å²) in [5.74, 6) is -0.778. The molecule has 2 aromatic carbocycles. The fourth-order valence-electron chi connectivity index (χ4n) is 3.12. The number of carbonyl (C=O) groups is 1. The molecule has 0 aliphatic carbocycles. The molecular formula is C18H19FN2O3S. The fourth-order valence-corrected chi connectivity index (χ4v) is 4.65. The van der Waals surface area contributed by atoms with Gasteiger partial charge >= 0.3 is 0 Å². The molecule has 1 fully saturated rings. The maximum Gasteiger partial charge on any atom is 0.248 e. The highest BCUT2D eigenvalue weighted by atomic mass is 32.2. The summed E-state index contributed by atoms with van der Waals surface area (Å²) in [6.45, 7) is 0.834. The minimum atomic E-state index is -3.61. The van der Waals surface area contributed by atoms with Crippen LogP contribution in [-0.2, 0) is 16.4 Å². The molecule has 0 saturated carbocycles. The van der Waals surface area contributed by atoms with Gasteiger partial charge in [0.05, 0.1) is 4.90 Å². The zero-order valence-electron chi connectivity index (χ0n) is 13.6. The van der Waals surface area contributed by atoms with Crippen molar-refractivity contribution < 1.29 is 17.6 Å². The monoisotopic (exact) mass is 362 g/mol. The van der Waals surface area contributed by atoms with Crippen LogP contribution < -0.4 is 5.73 Å². The predicted molar refractivity (Wildman–Crippen MR) is 91.9 cm³/mol. The number of amides is 1. The number of halogens is 1. The summed E-state index contributed by atoms with van der Waals surface area (Å²) in [5, 5.41) is 0. The molecule has 0 unspecified atom stereocenters. The highest BCUT2D eigenvalue weighted by molar-refractivity contribution is 7.89. The minimum absolute atomic E-state index is 0.102. The van der Waals surface area contributed by atoms with E-state index in [2.05, 4.69) is 0 Å². The van der Waals surface area contributed by atoms with Crippen LogP contribution in [0.15, 0.2) is 53.4 Å². The molecule has 1 saturated heterocycles. The molecule has 2 N–H and O–H groups in total. The maximum absolute atomic E-state index is 13.0. The molecule has 1 heterocycles. The Labute approximate surface area is 146 Å². The van der Waals surface area contributed by atoms with E-state index in [0.29, 0.717) is 25.1 Å². The molecule has 3 rings (SSSR count). The van der Waals surface area contributed by atoms with Gasteiger partial charge in [-0.1, -0.05) is 12.1 Å². The van der Waals surface area contributed by atoms with Crippen molar-refractivity contribution in [1.82, 2.24) is 4.31 Å². The van der Waals surface area contributed by atoms with Crippen molar-refractivity contribution in [3.05, 3.63) is 65.5 Å². The van der Waals surface area contributed by atoms with Gasteiger partial charge in [0.25, 0.3) is 0 Å². The van der Waals surface area contributed by atoms with Gasteiger partial charge in [-0.2, -0.15) is 4.31 Å². The van der Waals surface area contributed by atoms with Gasteiger partial charge in [-0.3, -0.25) is 4.79 Å². The second kappa shape index (κ2) is 6.93. The first-order valence-electron chi connectivity index (χ1n) is 8.01. The van der Waals surface area contributed by atoms with Crippen LogP contribution in [0, 0.1) is 11.7 Å². The molecule has 132 valence electrons. The summed E-state index contributed by atoms with van der Waals surface area (Å²) in [6, 6.07) is 12.0. The SMILES string of the molecule is NC(=O)c1cccc(C[C@@H]2CCN(S(=O)(=O)c3ccc(F)cc3)C2)c1. The lowest BCUT2D eigenvalue weighted by atomic mass is 9.97. The third kappa shape index (κ3) is 3.88. The molecular weight excluding hydrogens is 343 g/mol.